The number of hydrogen-bond donors (Lipinski definition) is 2. The standard InChI is InChI=1S/C14H21N3O5/c1-14(2)12(21)17(13(22)15-14)8-4-6-10(18)16-7-3-5-9(16)11(19)20/h9H,3-8H2,1-2H3,(H,15,22)(H,19,20)/t9-/m1/s1. The third-order valence-electron chi connectivity index (χ3n) is 4.07. The molecule has 0 spiro atoms. The smallest absolute Gasteiger partial charge is 0.326 e. The lowest BCUT2D eigenvalue weighted by Crippen LogP contribution is -2.41. The summed E-state index contributed by atoms with van der Waals surface area (Å²) in [5.74, 6) is -1.53. The van der Waals surface area contributed by atoms with Crippen LogP contribution < -0.4 is 5.32 Å². The third kappa shape index (κ3) is 3.05. The Labute approximate surface area is 128 Å². The Balaban J connectivity index is 1.84. The first-order valence-electron chi connectivity index (χ1n) is 7.40. The average molecular weight is 311 g/mol. The van der Waals surface area contributed by atoms with Gasteiger partial charge in [-0.3, -0.25) is 14.5 Å². The molecular formula is C14H21N3O5. The lowest BCUT2D eigenvalue weighted by molar-refractivity contribution is -0.148. The van der Waals surface area contributed by atoms with E-state index in [1.54, 1.807) is 13.8 Å². The molecule has 0 aliphatic carbocycles. The Morgan fingerprint density at radius 3 is 2.59 bits per heavy atom. The van der Waals surface area contributed by atoms with Crippen molar-refractivity contribution >= 4 is 23.8 Å². The molecule has 0 aromatic carbocycles. The molecule has 22 heavy (non-hydrogen) atoms. The first-order chi connectivity index (χ1) is 10.2. The lowest BCUT2D eigenvalue weighted by atomic mass is 10.1. The largest absolute Gasteiger partial charge is 0.480 e. The normalized spacial score (nSPS) is 23.8. The van der Waals surface area contributed by atoms with Crippen molar-refractivity contribution in [1.82, 2.24) is 15.1 Å². The summed E-state index contributed by atoms with van der Waals surface area (Å²) in [7, 11) is 0. The highest BCUT2D eigenvalue weighted by atomic mass is 16.4. The van der Waals surface area contributed by atoms with Crippen molar-refractivity contribution in [2.45, 2.75) is 51.1 Å². The molecule has 0 aromatic rings. The maximum absolute atomic E-state index is 12.1. The summed E-state index contributed by atoms with van der Waals surface area (Å²) >= 11 is 0. The number of aliphatic carboxylic acids is 1. The van der Waals surface area contributed by atoms with Crippen molar-refractivity contribution in [2.75, 3.05) is 13.1 Å². The molecule has 2 saturated heterocycles. The molecule has 0 aromatic heterocycles. The minimum absolute atomic E-state index is 0.126. The van der Waals surface area contributed by atoms with Gasteiger partial charge in [-0.05, 0) is 33.1 Å². The quantitative estimate of drug-likeness (QED) is 0.704. The van der Waals surface area contributed by atoms with Crippen molar-refractivity contribution in [1.29, 1.82) is 0 Å². The predicted octanol–water partition coefficient (Wildman–Crippen LogP) is 0.173. The highest BCUT2D eigenvalue weighted by molar-refractivity contribution is 6.06. The Kier molecular flexibility index (Phi) is 4.39. The highest BCUT2D eigenvalue weighted by Crippen LogP contribution is 2.20. The van der Waals surface area contributed by atoms with Crippen molar-refractivity contribution < 1.29 is 24.3 Å². The van der Waals surface area contributed by atoms with Gasteiger partial charge in [0.05, 0.1) is 0 Å². The van der Waals surface area contributed by atoms with Gasteiger partial charge in [-0.15, -0.1) is 0 Å². The summed E-state index contributed by atoms with van der Waals surface area (Å²) < 4.78 is 0. The number of carboxylic acids is 1. The SMILES string of the molecule is CC1(C)NC(=O)N(CCCC(=O)N2CCC[C@@H]2C(=O)O)C1=O. The van der Waals surface area contributed by atoms with E-state index in [-0.39, 0.29) is 24.8 Å². The van der Waals surface area contributed by atoms with Gasteiger partial charge >= 0.3 is 12.0 Å². The van der Waals surface area contributed by atoms with Gasteiger partial charge < -0.3 is 15.3 Å². The van der Waals surface area contributed by atoms with Crippen molar-refractivity contribution in [3.8, 4) is 0 Å². The van der Waals surface area contributed by atoms with E-state index in [0.29, 0.717) is 25.8 Å². The minimum atomic E-state index is -0.985. The number of carbonyl (C=O) groups is 4. The van der Waals surface area contributed by atoms with Crippen LogP contribution in [0.3, 0.4) is 0 Å². The lowest BCUT2D eigenvalue weighted by Gasteiger charge is -2.22. The number of hydrogen-bond acceptors (Lipinski definition) is 4. The fourth-order valence-electron chi connectivity index (χ4n) is 2.87. The second-order valence-corrected chi connectivity index (χ2v) is 6.20. The summed E-state index contributed by atoms with van der Waals surface area (Å²) in [6.07, 6.45) is 1.62. The van der Waals surface area contributed by atoms with Gasteiger partial charge in [0.15, 0.2) is 0 Å². The fourth-order valence-corrected chi connectivity index (χ4v) is 2.87. The maximum atomic E-state index is 12.1. The van der Waals surface area contributed by atoms with Gasteiger partial charge in [0.25, 0.3) is 5.91 Å². The van der Waals surface area contributed by atoms with Gasteiger partial charge in [0.1, 0.15) is 11.6 Å². The zero-order chi connectivity index (χ0) is 16.5. The van der Waals surface area contributed by atoms with Gasteiger partial charge in [0.2, 0.25) is 5.91 Å². The Morgan fingerprint density at radius 1 is 1.36 bits per heavy atom. The number of rotatable bonds is 5. The number of carbonyl (C=O) groups excluding carboxylic acids is 3. The van der Waals surface area contributed by atoms with E-state index in [1.807, 2.05) is 0 Å². The summed E-state index contributed by atoms with van der Waals surface area (Å²) in [6.45, 7) is 3.86. The molecule has 8 nitrogen and oxygen atoms in total. The molecule has 2 aliphatic heterocycles. The second-order valence-electron chi connectivity index (χ2n) is 6.20. The molecule has 0 unspecified atom stereocenters. The van der Waals surface area contributed by atoms with Gasteiger partial charge in [0, 0.05) is 19.5 Å². The summed E-state index contributed by atoms with van der Waals surface area (Å²) in [4.78, 5) is 49.3. The van der Waals surface area contributed by atoms with Gasteiger partial charge in [-0.2, -0.15) is 0 Å². The topological polar surface area (TPSA) is 107 Å². The Morgan fingerprint density at radius 2 is 2.05 bits per heavy atom. The molecule has 4 amide bonds. The van der Waals surface area contributed by atoms with E-state index in [1.165, 1.54) is 4.90 Å². The summed E-state index contributed by atoms with van der Waals surface area (Å²) in [5.41, 5.74) is -0.912. The predicted molar refractivity (Wildman–Crippen MR) is 75.9 cm³/mol. The van der Waals surface area contributed by atoms with Crippen LogP contribution in [0.4, 0.5) is 4.79 Å². The number of carboxylic acid groups (broad SMARTS) is 1. The highest BCUT2D eigenvalue weighted by Gasteiger charge is 2.44. The first kappa shape index (κ1) is 16.3. The zero-order valence-corrected chi connectivity index (χ0v) is 12.8. The number of imide groups is 1. The van der Waals surface area contributed by atoms with E-state index >= 15 is 0 Å². The van der Waals surface area contributed by atoms with Crippen LogP contribution in [0.2, 0.25) is 0 Å². The van der Waals surface area contributed by atoms with Gasteiger partial charge in [-0.1, -0.05) is 0 Å². The average Bonchev–Trinajstić information content (AvgIpc) is 2.97. The van der Waals surface area contributed by atoms with Crippen LogP contribution in [-0.2, 0) is 14.4 Å². The molecule has 0 radical (unpaired) electrons. The van der Waals surface area contributed by atoms with Crippen LogP contribution in [0.1, 0.15) is 39.5 Å². The number of likely N-dealkylation sites (tertiary alicyclic amines) is 1. The van der Waals surface area contributed by atoms with Crippen LogP contribution >= 0.6 is 0 Å². The van der Waals surface area contributed by atoms with Crippen LogP contribution in [0.15, 0.2) is 0 Å². The van der Waals surface area contributed by atoms with Crippen LogP contribution in [-0.4, -0.2) is 63.4 Å². The molecular weight excluding hydrogens is 290 g/mol. The molecule has 2 N–H and O–H groups in total. The molecule has 0 bridgehead atoms. The molecule has 2 aliphatic rings. The van der Waals surface area contributed by atoms with E-state index < -0.39 is 23.6 Å². The van der Waals surface area contributed by atoms with Crippen LogP contribution in [0, 0.1) is 0 Å². The minimum Gasteiger partial charge on any atom is -0.480 e. The van der Waals surface area contributed by atoms with E-state index in [0.717, 1.165) is 4.90 Å². The molecule has 1 atom stereocenters. The van der Waals surface area contributed by atoms with Crippen molar-refractivity contribution in [3.05, 3.63) is 0 Å². The maximum Gasteiger partial charge on any atom is 0.326 e. The number of nitrogens with zero attached hydrogens (tertiary/aromatic N) is 2. The molecule has 2 heterocycles. The first-order valence-corrected chi connectivity index (χ1v) is 7.40. The monoisotopic (exact) mass is 311 g/mol. The van der Waals surface area contributed by atoms with Crippen LogP contribution in [0.5, 0.6) is 0 Å². The fraction of sp³-hybridized carbons (Fsp3) is 0.714. The third-order valence-corrected chi connectivity index (χ3v) is 4.07. The van der Waals surface area contributed by atoms with E-state index in [2.05, 4.69) is 5.32 Å². The molecule has 2 rings (SSSR count). The summed E-state index contributed by atoms with van der Waals surface area (Å²) in [6, 6.07) is -1.20. The van der Waals surface area contributed by atoms with E-state index in [4.69, 9.17) is 5.11 Å². The Hall–Kier alpha value is -2.12. The molecule has 8 heteroatoms. The Bertz CT molecular complexity index is 517. The van der Waals surface area contributed by atoms with Crippen molar-refractivity contribution in [3.63, 3.8) is 0 Å². The molecule has 2 fully saturated rings. The second kappa shape index (κ2) is 5.94. The molecule has 122 valence electrons. The zero-order valence-electron chi connectivity index (χ0n) is 12.8. The van der Waals surface area contributed by atoms with E-state index in [9.17, 15) is 19.2 Å². The van der Waals surface area contributed by atoms with Gasteiger partial charge in [-0.25, -0.2) is 9.59 Å². The number of amides is 4. The molecule has 0 saturated carbocycles. The summed E-state index contributed by atoms with van der Waals surface area (Å²) in [5, 5.41) is 11.6. The number of urea groups is 1. The van der Waals surface area contributed by atoms with Crippen LogP contribution in [0.25, 0.3) is 0 Å². The number of nitrogens with one attached hydrogen (secondary N) is 1. The van der Waals surface area contributed by atoms with Crippen molar-refractivity contribution in [2.24, 2.45) is 0 Å².